The Hall–Kier alpha value is -1.10. The summed E-state index contributed by atoms with van der Waals surface area (Å²) in [7, 11) is 0. The van der Waals surface area contributed by atoms with Crippen molar-refractivity contribution in [2.75, 3.05) is 19.8 Å². The normalized spacial score (nSPS) is 22.0. The molecule has 4 nitrogen and oxygen atoms in total. The third-order valence-electron chi connectivity index (χ3n) is 3.59. The van der Waals surface area contributed by atoms with Gasteiger partial charge < -0.3 is 9.64 Å². The van der Waals surface area contributed by atoms with Gasteiger partial charge in [0.05, 0.1) is 6.04 Å². The first-order valence-electron chi connectivity index (χ1n) is 7.53. The fraction of sp³-hybridized carbons (Fsp3) is 0.562. The van der Waals surface area contributed by atoms with Crippen molar-refractivity contribution in [2.24, 2.45) is 0 Å². The molecule has 1 aromatic carbocycles. The highest BCUT2D eigenvalue weighted by molar-refractivity contribution is 6.30. The Balaban J connectivity index is 1.98. The second-order valence-corrected chi connectivity index (χ2v) is 5.78. The van der Waals surface area contributed by atoms with Gasteiger partial charge in [-0.25, -0.2) is 0 Å². The summed E-state index contributed by atoms with van der Waals surface area (Å²) in [6.45, 7) is 6.17. The molecule has 1 aliphatic heterocycles. The number of nitrogens with one attached hydrogen (secondary N) is 1. The van der Waals surface area contributed by atoms with Crippen LogP contribution in [0.25, 0.3) is 0 Å². The number of hydrogen-bond acceptors (Lipinski definition) is 3. The van der Waals surface area contributed by atoms with E-state index in [9.17, 15) is 4.79 Å². The number of ether oxygens (including phenoxy) is 1. The van der Waals surface area contributed by atoms with Gasteiger partial charge in [0.15, 0.2) is 0 Å². The minimum absolute atomic E-state index is 0.0732. The zero-order valence-electron chi connectivity index (χ0n) is 12.6. The third kappa shape index (κ3) is 4.19. The van der Waals surface area contributed by atoms with Crippen molar-refractivity contribution in [3.8, 4) is 0 Å². The summed E-state index contributed by atoms with van der Waals surface area (Å²) in [5.74, 6) is 0.144. The summed E-state index contributed by atoms with van der Waals surface area (Å²) in [4.78, 5) is 14.2. The first kappa shape index (κ1) is 16.3. The number of carbonyl (C=O) groups excluding carboxylic acids is 1. The van der Waals surface area contributed by atoms with Crippen LogP contribution in [0.5, 0.6) is 0 Å². The van der Waals surface area contributed by atoms with Gasteiger partial charge in [0.2, 0.25) is 5.91 Å². The molecule has 2 rings (SSSR count). The summed E-state index contributed by atoms with van der Waals surface area (Å²) < 4.78 is 5.49. The van der Waals surface area contributed by atoms with Crippen LogP contribution in [0.1, 0.15) is 38.4 Å². The highest BCUT2D eigenvalue weighted by atomic mass is 35.5. The van der Waals surface area contributed by atoms with Crippen molar-refractivity contribution >= 4 is 17.5 Å². The van der Waals surface area contributed by atoms with Gasteiger partial charge in [-0.05, 0) is 37.5 Å². The van der Waals surface area contributed by atoms with Crippen LogP contribution in [-0.2, 0) is 9.53 Å². The van der Waals surface area contributed by atoms with Crippen molar-refractivity contribution in [3.05, 3.63) is 34.9 Å². The summed E-state index contributed by atoms with van der Waals surface area (Å²) in [6, 6.07) is 7.49. The maximum absolute atomic E-state index is 12.3. The Labute approximate surface area is 131 Å². The number of nitrogens with zero attached hydrogens (tertiary/aromatic N) is 1. The lowest BCUT2D eigenvalue weighted by Gasteiger charge is -2.24. The number of carbonyl (C=O) groups is 1. The minimum atomic E-state index is -0.151. The molecule has 116 valence electrons. The number of benzene rings is 1. The zero-order valence-corrected chi connectivity index (χ0v) is 13.4. The molecule has 1 aliphatic rings. The Morgan fingerprint density at radius 1 is 1.29 bits per heavy atom. The average Bonchev–Trinajstić information content (AvgIpc) is 2.76. The van der Waals surface area contributed by atoms with Crippen molar-refractivity contribution in [2.45, 2.75) is 38.9 Å². The number of rotatable bonds is 7. The van der Waals surface area contributed by atoms with Gasteiger partial charge in [-0.1, -0.05) is 30.7 Å². The van der Waals surface area contributed by atoms with Crippen LogP contribution in [0.4, 0.5) is 0 Å². The monoisotopic (exact) mass is 310 g/mol. The maximum atomic E-state index is 12.3. The summed E-state index contributed by atoms with van der Waals surface area (Å²) in [5.41, 5.74) is 1.06. The quantitative estimate of drug-likeness (QED) is 0.787. The number of amides is 1. The number of hydrogen-bond donors (Lipinski definition) is 1. The van der Waals surface area contributed by atoms with Gasteiger partial charge in [0.1, 0.15) is 6.17 Å². The van der Waals surface area contributed by atoms with Crippen LogP contribution in [0.15, 0.2) is 24.3 Å². The van der Waals surface area contributed by atoms with Gasteiger partial charge in [0.25, 0.3) is 0 Å². The van der Waals surface area contributed by atoms with Gasteiger partial charge in [0, 0.05) is 24.8 Å². The fourth-order valence-electron chi connectivity index (χ4n) is 2.52. The molecule has 0 bridgehead atoms. The Kier molecular flexibility index (Phi) is 6.03. The van der Waals surface area contributed by atoms with Gasteiger partial charge in [-0.3, -0.25) is 10.1 Å². The highest BCUT2D eigenvalue weighted by Crippen LogP contribution is 2.26. The molecule has 0 saturated carbocycles. The fourth-order valence-corrected chi connectivity index (χ4v) is 2.64. The van der Waals surface area contributed by atoms with Crippen molar-refractivity contribution < 1.29 is 9.53 Å². The lowest BCUT2D eigenvalue weighted by molar-refractivity contribution is -0.130. The minimum Gasteiger partial charge on any atom is -0.381 e. The molecular formula is C16H23ClN2O2. The second-order valence-electron chi connectivity index (χ2n) is 5.34. The van der Waals surface area contributed by atoms with E-state index >= 15 is 0 Å². The van der Waals surface area contributed by atoms with Crippen molar-refractivity contribution in [3.63, 3.8) is 0 Å². The van der Waals surface area contributed by atoms with E-state index in [-0.39, 0.29) is 18.1 Å². The Morgan fingerprint density at radius 2 is 2.00 bits per heavy atom. The summed E-state index contributed by atoms with van der Waals surface area (Å²) >= 11 is 5.93. The lowest BCUT2D eigenvalue weighted by atomic mass is 10.1. The molecule has 1 aromatic rings. The predicted molar refractivity (Wildman–Crippen MR) is 84.2 cm³/mol. The molecule has 0 aromatic heterocycles. The Bertz CT molecular complexity index is 464. The van der Waals surface area contributed by atoms with Crippen LogP contribution in [-0.4, -0.2) is 36.6 Å². The average molecular weight is 311 g/mol. The predicted octanol–water partition coefficient (Wildman–Crippen LogP) is 2.98. The second kappa shape index (κ2) is 7.78. The van der Waals surface area contributed by atoms with E-state index in [2.05, 4.69) is 12.2 Å². The van der Waals surface area contributed by atoms with Crippen LogP contribution >= 0.6 is 11.6 Å². The molecular weight excluding hydrogens is 288 g/mol. The number of halogens is 1. The molecule has 0 aliphatic carbocycles. The molecule has 1 amide bonds. The molecule has 2 atom stereocenters. The van der Waals surface area contributed by atoms with E-state index in [1.807, 2.05) is 36.1 Å². The topological polar surface area (TPSA) is 41.6 Å². The van der Waals surface area contributed by atoms with E-state index in [0.717, 1.165) is 25.0 Å². The maximum Gasteiger partial charge on any atom is 0.241 e. The van der Waals surface area contributed by atoms with E-state index in [1.54, 1.807) is 0 Å². The molecule has 0 radical (unpaired) electrons. The molecule has 0 spiro atoms. The molecule has 5 heteroatoms. The third-order valence-corrected chi connectivity index (χ3v) is 3.85. The van der Waals surface area contributed by atoms with Crippen molar-refractivity contribution in [1.82, 2.24) is 10.2 Å². The SMILES string of the molecule is CCCOCCCN1C(=O)C(C)NC1c1ccc(Cl)cc1. The van der Waals surface area contributed by atoms with Crippen molar-refractivity contribution in [1.29, 1.82) is 0 Å². The Morgan fingerprint density at radius 3 is 2.67 bits per heavy atom. The smallest absolute Gasteiger partial charge is 0.241 e. The molecule has 21 heavy (non-hydrogen) atoms. The van der Waals surface area contributed by atoms with Crippen LogP contribution in [0.2, 0.25) is 5.02 Å². The van der Waals surface area contributed by atoms with E-state index in [4.69, 9.17) is 16.3 Å². The zero-order chi connectivity index (χ0) is 15.2. The van der Waals surface area contributed by atoms with Gasteiger partial charge >= 0.3 is 0 Å². The summed E-state index contributed by atoms with van der Waals surface area (Å²) in [6.07, 6.45) is 1.80. The largest absolute Gasteiger partial charge is 0.381 e. The molecule has 2 unspecified atom stereocenters. The molecule has 1 fully saturated rings. The molecule has 1 saturated heterocycles. The standard InChI is InChI=1S/C16H23ClN2O2/c1-3-10-21-11-4-9-19-15(18-12(2)16(19)20)13-5-7-14(17)8-6-13/h5-8,12,15,18H,3-4,9-11H2,1-2H3. The lowest BCUT2D eigenvalue weighted by Crippen LogP contribution is -2.32. The van der Waals surface area contributed by atoms with Crippen LogP contribution in [0, 0.1) is 0 Å². The van der Waals surface area contributed by atoms with Gasteiger partial charge in [-0.2, -0.15) is 0 Å². The molecule has 1 N–H and O–H groups in total. The van der Waals surface area contributed by atoms with E-state index in [1.165, 1.54) is 0 Å². The van der Waals surface area contributed by atoms with E-state index < -0.39 is 0 Å². The summed E-state index contributed by atoms with van der Waals surface area (Å²) in [5, 5.41) is 4.04. The molecule has 1 heterocycles. The van der Waals surface area contributed by atoms with Crippen LogP contribution in [0.3, 0.4) is 0 Å². The van der Waals surface area contributed by atoms with Gasteiger partial charge in [-0.15, -0.1) is 0 Å². The van der Waals surface area contributed by atoms with Crippen LogP contribution < -0.4 is 5.32 Å². The van der Waals surface area contributed by atoms with E-state index in [0.29, 0.717) is 18.2 Å². The first-order valence-corrected chi connectivity index (χ1v) is 7.91. The highest BCUT2D eigenvalue weighted by Gasteiger charge is 2.36. The first-order chi connectivity index (χ1) is 10.1.